The number of aromatic nitrogens is 1. The van der Waals surface area contributed by atoms with Crippen molar-refractivity contribution in [3.8, 4) is 0 Å². The number of aromatic amines is 1. The van der Waals surface area contributed by atoms with E-state index in [1.165, 1.54) is 12.6 Å². The molecule has 8 nitrogen and oxygen atoms in total. The van der Waals surface area contributed by atoms with Gasteiger partial charge in [0.05, 0.1) is 11.9 Å². The molecule has 2 atom stereocenters. The van der Waals surface area contributed by atoms with Crippen molar-refractivity contribution < 1.29 is 22.4 Å². The van der Waals surface area contributed by atoms with Gasteiger partial charge in [0.2, 0.25) is 10.0 Å². The maximum absolute atomic E-state index is 12.5. The monoisotopic (exact) mass is 443 g/mol. The molecule has 1 aromatic heterocycles. The van der Waals surface area contributed by atoms with Crippen molar-refractivity contribution in [2.75, 3.05) is 20.1 Å². The fourth-order valence-corrected chi connectivity index (χ4v) is 5.97. The number of sulfonamides is 1. The SMILES string of the molecule is CCC(C)OP(=O)(O)N1CCC(c2c[nH]c3cc(CS(=O)(=O)NC)ccc23)CC1. The Labute approximate surface area is 172 Å². The van der Waals surface area contributed by atoms with E-state index >= 15 is 0 Å². The van der Waals surface area contributed by atoms with Crippen LogP contribution in [0.2, 0.25) is 0 Å². The minimum Gasteiger partial charge on any atom is -0.361 e. The molecule has 10 heteroatoms. The Hall–Kier alpha value is -1.22. The molecular formula is C19H30N3O5PS. The Morgan fingerprint density at radius 2 is 2.07 bits per heavy atom. The highest BCUT2D eigenvalue weighted by Gasteiger charge is 2.35. The van der Waals surface area contributed by atoms with Crippen molar-refractivity contribution in [2.24, 2.45) is 0 Å². The third-order valence-corrected chi connectivity index (χ3v) is 8.69. The first-order valence-electron chi connectivity index (χ1n) is 9.93. The van der Waals surface area contributed by atoms with Crippen LogP contribution in [0.5, 0.6) is 0 Å². The summed E-state index contributed by atoms with van der Waals surface area (Å²) in [4.78, 5) is 13.5. The van der Waals surface area contributed by atoms with Gasteiger partial charge in [0.1, 0.15) is 0 Å². The number of rotatable bonds is 8. The second kappa shape index (κ2) is 8.88. The van der Waals surface area contributed by atoms with E-state index < -0.39 is 17.8 Å². The average molecular weight is 444 g/mol. The minimum absolute atomic E-state index is 0.0614. The summed E-state index contributed by atoms with van der Waals surface area (Å²) in [6, 6.07) is 5.66. The first kappa shape index (κ1) is 22.5. The van der Waals surface area contributed by atoms with Crippen LogP contribution in [-0.2, 0) is 24.9 Å². The van der Waals surface area contributed by atoms with E-state index in [0.29, 0.717) is 19.5 Å². The summed E-state index contributed by atoms with van der Waals surface area (Å²) in [5, 5.41) is 1.07. The zero-order valence-electron chi connectivity index (χ0n) is 17.1. The van der Waals surface area contributed by atoms with Gasteiger partial charge in [0.25, 0.3) is 0 Å². The summed E-state index contributed by atoms with van der Waals surface area (Å²) in [5.41, 5.74) is 2.79. The van der Waals surface area contributed by atoms with Crippen LogP contribution in [0.25, 0.3) is 10.9 Å². The van der Waals surface area contributed by atoms with E-state index in [9.17, 15) is 17.9 Å². The molecule has 0 saturated carbocycles. The van der Waals surface area contributed by atoms with Crippen LogP contribution in [-0.4, -0.2) is 49.2 Å². The van der Waals surface area contributed by atoms with E-state index in [0.717, 1.165) is 29.3 Å². The maximum Gasteiger partial charge on any atom is 0.405 e. The standard InChI is InChI=1S/C19H30N3O5PS/c1-4-14(2)27-28(23,24)22-9-7-16(8-10-22)18-12-21-19-11-15(5-6-17(18)19)13-29(25,26)20-3/h5-6,11-12,14,16,20-21H,4,7-10,13H2,1-3H3,(H,23,24). The maximum atomic E-state index is 12.5. The number of benzene rings is 1. The Morgan fingerprint density at radius 1 is 1.38 bits per heavy atom. The Morgan fingerprint density at radius 3 is 2.69 bits per heavy atom. The normalized spacial score (nSPS) is 20.0. The van der Waals surface area contributed by atoms with Crippen molar-refractivity contribution in [2.45, 2.75) is 50.9 Å². The van der Waals surface area contributed by atoms with Gasteiger partial charge in [0, 0.05) is 30.2 Å². The van der Waals surface area contributed by atoms with Crippen LogP contribution in [0.4, 0.5) is 0 Å². The van der Waals surface area contributed by atoms with Gasteiger partial charge >= 0.3 is 7.75 Å². The van der Waals surface area contributed by atoms with Crippen molar-refractivity contribution >= 4 is 28.7 Å². The molecule has 1 aliphatic heterocycles. The van der Waals surface area contributed by atoms with Crippen LogP contribution in [0.3, 0.4) is 0 Å². The molecule has 2 heterocycles. The molecule has 1 saturated heterocycles. The molecule has 0 radical (unpaired) electrons. The summed E-state index contributed by atoms with van der Waals surface area (Å²) in [6.45, 7) is 4.73. The van der Waals surface area contributed by atoms with Gasteiger partial charge in [-0.15, -0.1) is 0 Å². The van der Waals surface area contributed by atoms with Crippen LogP contribution >= 0.6 is 7.75 Å². The van der Waals surface area contributed by atoms with Crippen LogP contribution in [0.15, 0.2) is 24.4 Å². The van der Waals surface area contributed by atoms with Gasteiger partial charge < -0.3 is 9.88 Å². The second-order valence-corrected chi connectivity index (χ2v) is 11.3. The van der Waals surface area contributed by atoms with Gasteiger partial charge in [0.15, 0.2) is 0 Å². The molecule has 1 aliphatic rings. The summed E-state index contributed by atoms with van der Waals surface area (Å²) in [5.74, 6) is 0.212. The molecule has 1 fully saturated rings. The lowest BCUT2D eigenvalue weighted by molar-refractivity contribution is 0.138. The zero-order valence-corrected chi connectivity index (χ0v) is 18.8. The Bertz CT molecular complexity index is 998. The number of fused-ring (bicyclic) bond motifs is 1. The number of piperidine rings is 1. The predicted octanol–water partition coefficient (Wildman–Crippen LogP) is 3.31. The fourth-order valence-electron chi connectivity index (χ4n) is 3.72. The third-order valence-electron chi connectivity index (χ3n) is 5.61. The summed E-state index contributed by atoms with van der Waals surface area (Å²) in [7, 11) is -5.67. The zero-order chi connectivity index (χ0) is 21.2. The molecule has 2 aromatic rings. The molecule has 2 unspecified atom stereocenters. The molecule has 0 spiro atoms. The summed E-state index contributed by atoms with van der Waals surface area (Å²) in [6.07, 6.45) is 3.93. The number of H-pyrrole nitrogens is 1. The second-order valence-electron chi connectivity index (χ2n) is 7.63. The molecule has 0 bridgehead atoms. The number of nitrogens with zero attached hydrogens (tertiary/aromatic N) is 1. The predicted molar refractivity (Wildman–Crippen MR) is 114 cm³/mol. The number of hydrogen-bond acceptors (Lipinski definition) is 4. The van der Waals surface area contributed by atoms with Crippen molar-refractivity contribution in [3.05, 3.63) is 35.5 Å². The van der Waals surface area contributed by atoms with Crippen molar-refractivity contribution in [1.82, 2.24) is 14.4 Å². The average Bonchev–Trinajstić information content (AvgIpc) is 3.10. The molecule has 29 heavy (non-hydrogen) atoms. The van der Waals surface area contributed by atoms with Crippen LogP contribution < -0.4 is 4.72 Å². The Balaban J connectivity index is 1.70. The molecule has 0 amide bonds. The third kappa shape index (κ3) is 5.29. The van der Waals surface area contributed by atoms with E-state index in [1.807, 2.05) is 31.3 Å². The van der Waals surface area contributed by atoms with Crippen molar-refractivity contribution in [3.63, 3.8) is 0 Å². The lowest BCUT2D eigenvalue weighted by Crippen LogP contribution is -2.32. The summed E-state index contributed by atoms with van der Waals surface area (Å²) < 4.78 is 45.3. The van der Waals surface area contributed by atoms with Gasteiger partial charge in [-0.05, 0) is 56.3 Å². The highest BCUT2D eigenvalue weighted by Crippen LogP contribution is 2.50. The fraction of sp³-hybridized carbons (Fsp3) is 0.579. The molecule has 1 aromatic carbocycles. The van der Waals surface area contributed by atoms with Crippen LogP contribution in [0, 0.1) is 0 Å². The van der Waals surface area contributed by atoms with E-state index in [-0.39, 0.29) is 17.8 Å². The topological polar surface area (TPSA) is 112 Å². The first-order valence-corrected chi connectivity index (χ1v) is 13.1. The molecular weight excluding hydrogens is 413 g/mol. The first-order chi connectivity index (χ1) is 13.6. The molecule has 3 N–H and O–H groups in total. The van der Waals surface area contributed by atoms with Gasteiger partial charge in [-0.2, -0.15) is 0 Å². The minimum atomic E-state index is -3.76. The van der Waals surface area contributed by atoms with E-state index in [4.69, 9.17) is 4.52 Å². The number of hydrogen-bond donors (Lipinski definition) is 3. The molecule has 3 rings (SSSR count). The lowest BCUT2D eigenvalue weighted by atomic mass is 9.90. The number of nitrogens with one attached hydrogen (secondary N) is 2. The molecule has 0 aliphatic carbocycles. The van der Waals surface area contributed by atoms with E-state index in [1.54, 1.807) is 11.6 Å². The highest BCUT2D eigenvalue weighted by molar-refractivity contribution is 7.88. The summed E-state index contributed by atoms with van der Waals surface area (Å²) >= 11 is 0. The van der Waals surface area contributed by atoms with E-state index in [2.05, 4.69) is 9.71 Å². The van der Waals surface area contributed by atoms with Crippen molar-refractivity contribution in [1.29, 1.82) is 0 Å². The quantitative estimate of drug-likeness (QED) is 0.540. The Kier molecular flexibility index (Phi) is 6.88. The van der Waals surface area contributed by atoms with Gasteiger partial charge in [-0.25, -0.2) is 22.4 Å². The highest BCUT2D eigenvalue weighted by atomic mass is 32.2. The van der Waals surface area contributed by atoms with Gasteiger partial charge in [-0.3, -0.25) is 4.52 Å². The van der Waals surface area contributed by atoms with Gasteiger partial charge in [-0.1, -0.05) is 19.1 Å². The molecule has 162 valence electrons. The largest absolute Gasteiger partial charge is 0.405 e. The lowest BCUT2D eigenvalue weighted by Gasteiger charge is -2.34. The smallest absolute Gasteiger partial charge is 0.361 e. The van der Waals surface area contributed by atoms with Crippen LogP contribution in [0.1, 0.15) is 50.2 Å².